The minimum absolute atomic E-state index is 0.0244. The molecule has 80 valence electrons. The molecule has 13 heavy (non-hydrogen) atoms. The van der Waals surface area contributed by atoms with Crippen molar-refractivity contribution < 1.29 is 28.7 Å². The molecule has 0 aliphatic heterocycles. The van der Waals surface area contributed by atoms with Gasteiger partial charge in [0.25, 0.3) is 0 Å². The Morgan fingerprint density at radius 2 is 1.38 bits per heavy atom. The molecular weight excluding hydrogens is 199 g/mol. The van der Waals surface area contributed by atoms with E-state index in [2.05, 4.69) is 9.05 Å². The van der Waals surface area contributed by atoms with Crippen molar-refractivity contribution in [3.05, 3.63) is 0 Å². The molecular formula is C6H15O6P. The second-order valence-corrected chi connectivity index (χ2v) is 3.74. The molecule has 0 heterocycles. The third-order valence-corrected chi connectivity index (χ3v) is 2.13. The summed E-state index contributed by atoms with van der Waals surface area (Å²) < 4.78 is 19.8. The van der Waals surface area contributed by atoms with Crippen molar-refractivity contribution in [3.63, 3.8) is 0 Å². The van der Waals surface area contributed by atoms with Crippen LogP contribution >= 0.6 is 7.82 Å². The minimum atomic E-state index is -3.97. The molecule has 0 saturated carbocycles. The van der Waals surface area contributed by atoms with Gasteiger partial charge in [0.2, 0.25) is 0 Å². The third-order valence-electron chi connectivity index (χ3n) is 1.11. The van der Waals surface area contributed by atoms with Crippen LogP contribution in [0, 0.1) is 0 Å². The lowest BCUT2D eigenvalue weighted by Crippen LogP contribution is -2.01. The van der Waals surface area contributed by atoms with Gasteiger partial charge < -0.3 is 15.1 Å². The van der Waals surface area contributed by atoms with Crippen LogP contribution in [-0.4, -0.2) is 41.5 Å². The van der Waals surface area contributed by atoms with E-state index >= 15 is 0 Å². The van der Waals surface area contributed by atoms with Gasteiger partial charge in [-0.1, -0.05) is 0 Å². The van der Waals surface area contributed by atoms with E-state index in [0.717, 1.165) is 0 Å². The third kappa shape index (κ3) is 8.36. The number of hydrogen-bond donors (Lipinski definition) is 3. The molecule has 0 aromatic heterocycles. The molecule has 0 aromatic carbocycles. The maximum atomic E-state index is 10.9. The van der Waals surface area contributed by atoms with Crippen molar-refractivity contribution in [2.75, 3.05) is 26.4 Å². The highest BCUT2D eigenvalue weighted by Crippen LogP contribution is 2.43. The fraction of sp³-hybridized carbons (Fsp3) is 1.00. The Balaban J connectivity index is 3.49. The van der Waals surface area contributed by atoms with Crippen molar-refractivity contribution in [3.8, 4) is 0 Å². The van der Waals surface area contributed by atoms with Gasteiger partial charge in [0, 0.05) is 13.2 Å². The zero-order valence-electron chi connectivity index (χ0n) is 7.26. The molecule has 0 unspecified atom stereocenters. The fourth-order valence-electron chi connectivity index (χ4n) is 0.526. The van der Waals surface area contributed by atoms with Crippen LogP contribution in [0.3, 0.4) is 0 Å². The summed E-state index contributed by atoms with van der Waals surface area (Å²) in [6.45, 7) is -0.250. The van der Waals surface area contributed by atoms with Crippen molar-refractivity contribution in [1.29, 1.82) is 0 Å². The average molecular weight is 214 g/mol. The summed E-state index contributed by atoms with van der Waals surface area (Å²) in [5, 5.41) is 16.7. The zero-order valence-corrected chi connectivity index (χ0v) is 8.15. The van der Waals surface area contributed by atoms with Gasteiger partial charge in [-0.3, -0.25) is 9.05 Å². The topological polar surface area (TPSA) is 96.2 Å². The lowest BCUT2D eigenvalue weighted by atomic mass is 10.5. The van der Waals surface area contributed by atoms with Crippen molar-refractivity contribution >= 4 is 7.82 Å². The molecule has 7 heteroatoms. The first kappa shape index (κ1) is 13.0. The van der Waals surface area contributed by atoms with Gasteiger partial charge in [-0.2, -0.15) is 0 Å². The Labute approximate surface area is 76.7 Å². The van der Waals surface area contributed by atoms with Gasteiger partial charge in [-0.25, -0.2) is 4.57 Å². The van der Waals surface area contributed by atoms with E-state index in [1.165, 1.54) is 0 Å². The Morgan fingerprint density at radius 3 is 1.69 bits per heavy atom. The highest BCUT2D eigenvalue weighted by Gasteiger charge is 2.19. The van der Waals surface area contributed by atoms with Crippen LogP contribution in [0.4, 0.5) is 0 Å². The molecule has 0 aliphatic carbocycles. The molecule has 0 amide bonds. The largest absolute Gasteiger partial charge is 0.472 e. The Bertz CT molecular complexity index is 147. The van der Waals surface area contributed by atoms with Crippen molar-refractivity contribution in [2.24, 2.45) is 0 Å². The minimum Gasteiger partial charge on any atom is -0.396 e. The average Bonchev–Trinajstić information content (AvgIpc) is 2.05. The molecule has 0 bridgehead atoms. The monoisotopic (exact) mass is 214 g/mol. The first-order valence-electron chi connectivity index (χ1n) is 3.96. The normalized spacial score (nSPS) is 11.9. The summed E-state index contributed by atoms with van der Waals surface area (Å²) in [7, 11) is -3.97. The SMILES string of the molecule is O=P(O)(OCCCO)OCCCO. The second kappa shape index (κ2) is 7.44. The van der Waals surface area contributed by atoms with Gasteiger partial charge in [0.1, 0.15) is 0 Å². The van der Waals surface area contributed by atoms with Crippen LogP contribution < -0.4 is 0 Å². The highest BCUT2D eigenvalue weighted by molar-refractivity contribution is 7.47. The van der Waals surface area contributed by atoms with E-state index in [1.54, 1.807) is 0 Å². The molecule has 0 fully saturated rings. The van der Waals surface area contributed by atoms with Crippen LogP contribution in [0.5, 0.6) is 0 Å². The summed E-state index contributed by atoms with van der Waals surface area (Å²) >= 11 is 0. The van der Waals surface area contributed by atoms with Crippen LogP contribution in [0.1, 0.15) is 12.8 Å². The van der Waals surface area contributed by atoms with E-state index in [9.17, 15) is 4.57 Å². The van der Waals surface area contributed by atoms with Crippen LogP contribution in [-0.2, 0) is 13.6 Å². The zero-order chi connectivity index (χ0) is 10.2. The summed E-state index contributed by atoms with van der Waals surface area (Å²) in [5.41, 5.74) is 0. The number of rotatable bonds is 8. The molecule has 0 aromatic rings. The molecule has 0 aliphatic rings. The Morgan fingerprint density at radius 1 is 1.00 bits per heavy atom. The molecule has 0 radical (unpaired) electrons. The summed E-state index contributed by atoms with van der Waals surface area (Å²) in [4.78, 5) is 8.92. The lowest BCUT2D eigenvalue weighted by molar-refractivity contribution is 0.131. The van der Waals surface area contributed by atoms with Crippen molar-refractivity contribution in [1.82, 2.24) is 0 Å². The summed E-state index contributed by atoms with van der Waals surface area (Å²) in [6.07, 6.45) is 0.571. The van der Waals surface area contributed by atoms with Gasteiger partial charge in [-0.15, -0.1) is 0 Å². The van der Waals surface area contributed by atoms with Gasteiger partial charge >= 0.3 is 7.82 Å². The molecule has 0 saturated heterocycles. The van der Waals surface area contributed by atoms with E-state index in [4.69, 9.17) is 15.1 Å². The summed E-state index contributed by atoms with van der Waals surface area (Å²) in [5.74, 6) is 0. The number of aliphatic hydroxyl groups is 2. The van der Waals surface area contributed by atoms with Crippen molar-refractivity contribution in [2.45, 2.75) is 12.8 Å². The second-order valence-electron chi connectivity index (χ2n) is 2.29. The maximum Gasteiger partial charge on any atom is 0.472 e. The highest BCUT2D eigenvalue weighted by atomic mass is 31.2. The first-order valence-corrected chi connectivity index (χ1v) is 5.45. The van der Waals surface area contributed by atoms with Gasteiger partial charge in [-0.05, 0) is 12.8 Å². The maximum absolute atomic E-state index is 10.9. The molecule has 0 rings (SSSR count). The van der Waals surface area contributed by atoms with Crippen LogP contribution in [0.2, 0.25) is 0 Å². The molecule has 6 nitrogen and oxygen atoms in total. The van der Waals surface area contributed by atoms with Gasteiger partial charge in [0.05, 0.1) is 13.2 Å². The predicted octanol–water partition coefficient (Wildman–Crippen LogP) is -0.115. The Hall–Kier alpha value is 0.0300. The number of hydrogen-bond acceptors (Lipinski definition) is 5. The number of phosphoric acid groups is 1. The smallest absolute Gasteiger partial charge is 0.396 e. The predicted molar refractivity (Wildman–Crippen MR) is 45.1 cm³/mol. The summed E-state index contributed by atoms with van der Waals surface area (Å²) in [6, 6.07) is 0. The number of phosphoric ester groups is 1. The molecule has 3 N–H and O–H groups in total. The van der Waals surface area contributed by atoms with E-state index < -0.39 is 7.82 Å². The fourth-order valence-corrected chi connectivity index (χ4v) is 1.32. The standard InChI is InChI=1S/C6H15O6P/c7-3-1-5-11-13(9,10)12-6-2-4-8/h7-8H,1-6H2,(H,9,10). The van der Waals surface area contributed by atoms with E-state index in [1.807, 2.05) is 0 Å². The van der Waals surface area contributed by atoms with Crippen LogP contribution in [0.15, 0.2) is 0 Å². The Kier molecular flexibility index (Phi) is 7.45. The quantitative estimate of drug-likeness (QED) is 0.385. The van der Waals surface area contributed by atoms with Gasteiger partial charge in [0.15, 0.2) is 0 Å². The lowest BCUT2D eigenvalue weighted by Gasteiger charge is -2.10. The number of aliphatic hydroxyl groups excluding tert-OH is 2. The van der Waals surface area contributed by atoms with E-state index in [0.29, 0.717) is 0 Å². The molecule has 0 spiro atoms. The first-order chi connectivity index (χ1) is 6.12. The van der Waals surface area contributed by atoms with Crippen LogP contribution in [0.25, 0.3) is 0 Å². The van der Waals surface area contributed by atoms with E-state index in [-0.39, 0.29) is 39.3 Å². The molecule has 0 atom stereocenters.